The number of nitriles is 1. The molecule has 0 radical (unpaired) electrons. The van der Waals surface area contributed by atoms with Crippen molar-refractivity contribution in [1.29, 1.82) is 5.26 Å². The second-order valence-corrected chi connectivity index (χ2v) is 5.36. The van der Waals surface area contributed by atoms with Crippen LogP contribution in [0.5, 0.6) is 0 Å². The summed E-state index contributed by atoms with van der Waals surface area (Å²) < 4.78 is 1.04. The number of halogens is 1. The monoisotopic (exact) mass is 304 g/mol. The van der Waals surface area contributed by atoms with E-state index in [-0.39, 0.29) is 0 Å². The normalized spacial score (nSPS) is 9.88. The lowest BCUT2D eigenvalue weighted by atomic mass is 10.2. The first-order valence-electron chi connectivity index (χ1n) is 4.92. The molecule has 2 nitrogen and oxygen atoms in total. The SMILES string of the molecule is N#Cc1cc(Sc2ccccc2Br)ccc1N. The Bertz CT molecular complexity index is 590. The molecule has 84 valence electrons. The molecule has 0 atom stereocenters. The Balaban J connectivity index is 2.32. The summed E-state index contributed by atoms with van der Waals surface area (Å²) in [5.41, 5.74) is 6.72. The van der Waals surface area contributed by atoms with Crippen molar-refractivity contribution in [2.45, 2.75) is 9.79 Å². The summed E-state index contributed by atoms with van der Waals surface area (Å²) in [5.74, 6) is 0. The van der Waals surface area contributed by atoms with E-state index in [2.05, 4.69) is 22.0 Å². The Morgan fingerprint density at radius 1 is 1.18 bits per heavy atom. The molecule has 2 N–H and O–H groups in total. The second-order valence-electron chi connectivity index (χ2n) is 3.39. The smallest absolute Gasteiger partial charge is 0.101 e. The van der Waals surface area contributed by atoms with E-state index in [4.69, 9.17) is 11.0 Å². The average Bonchev–Trinajstić information content (AvgIpc) is 2.34. The first kappa shape index (κ1) is 12.0. The summed E-state index contributed by atoms with van der Waals surface area (Å²) in [4.78, 5) is 2.11. The van der Waals surface area contributed by atoms with Gasteiger partial charge in [0.15, 0.2) is 0 Å². The van der Waals surface area contributed by atoms with Crippen LogP contribution in [0.4, 0.5) is 5.69 Å². The first-order chi connectivity index (χ1) is 8.20. The molecule has 4 heteroatoms. The van der Waals surface area contributed by atoms with Crippen LogP contribution in [0, 0.1) is 11.3 Å². The highest BCUT2D eigenvalue weighted by atomic mass is 79.9. The quantitative estimate of drug-likeness (QED) is 0.851. The molecular formula is C13H9BrN2S. The zero-order chi connectivity index (χ0) is 12.3. The van der Waals surface area contributed by atoms with Gasteiger partial charge in [-0.25, -0.2) is 0 Å². The fraction of sp³-hybridized carbons (Fsp3) is 0. The molecule has 0 aliphatic carbocycles. The fourth-order valence-corrected chi connectivity index (χ4v) is 2.76. The van der Waals surface area contributed by atoms with Crippen LogP contribution in [0.1, 0.15) is 5.56 Å². The Labute approximate surface area is 113 Å². The van der Waals surface area contributed by atoms with Gasteiger partial charge in [0.05, 0.1) is 5.56 Å². The zero-order valence-electron chi connectivity index (χ0n) is 8.85. The summed E-state index contributed by atoms with van der Waals surface area (Å²) in [6, 6.07) is 15.5. The summed E-state index contributed by atoms with van der Waals surface area (Å²) in [6.07, 6.45) is 0. The summed E-state index contributed by atoms with van der Waals surface area (Å²) in [6.45, 7) is 0. The van der Waals surface area contributed by atoms with Crippen LogP contribution in [0.15, 0.2) is 56.7 Å². The molecule has 2 aromatic carbocycles. The van der Waals surface area contributed by atoms with E-state index in [0.717, 1.165) is 14.3 Å². The molecule has 0 spiro atoms. The highest BCUT2D eigenvalue weighted by Gasteiger charge is 2.04. The van der Waals surface area contributed by atoms with Crippen LogP contribution in [0.2, 0.25) is 0 Å². The maximum atomic E-state index is 8.92. The van der Waals surface area contributed by atoms with Crippen LogP contribution in [0.25, 0.3) is 0 Å². The lowest BCUT2D eigenvalue weighted by Gasteiger charge is -2.05. The lowest BCUT2D eigenvalue weighted by molar-refractivity contribution is 1.36. The van der Waals surface area contributed by atoms with Crippen molar-refractivity contribution in [2.75, 3.05) is 5.73 Å². The van der Waals surface area contributed by atoms with Crippen molar-refractivity contribution < 1.29 is 0 Å². The van der Waals surface area contributed by atoms with E-state index < -0.39 is 0 Å². The number of rotatable bonds is 2. The Kier molecular flexibility index (Phi) is 3.72. The van der Waals surface area contributed by atoms with Gasteiger partial charge in [-0.3, -0.25) is 0 Å². The lowest BCUT2D eigenvalue weighted by Crippen LogP contribution is -1.89. The molecule has 0 aliphatic heterocycles. The second kappa shape index (κ2) is 5.26. The number of anilines is 1. The predicted octanol–water partition coefficient (Wildman–Crippen LogP) is 4.05. The maximum absolute atomic E-state index is 8.92. The number of nitrogens with two attached hydrogens (primary N) is 1. The largest absolute Gasteiger partial charge is 0.398 e. The molecule has 0 bridgehead atoms. The minimum absolute atomic E-state index is 0.516. The van der Waals surface area contributed by atoms with Crippen molar-refractivity contribution in [3.05, 3.63) is 52.5 Å². The van der Waals surface area contributed by atoms with Crippen LogP contribution < -0.4 is 5.73 Å². The van der Waals surface area contributed by atoms with Gasteiger partial charge in [0.25, 0.3) is 0 Å². The topological polar surface area (TPSA) is 49.8 Å². The van der Waals surface area contributed by atoms with Crippen LogP contribution in [-0.2, 0) is 0 Å². The Morgan fingerprint density at radius 3 is 2.65 bits per heavy atom. The molecule has 2 rings (SSSR count). The van der Waals surface area contributed by atoms with Crippen molar-refractivity contribution in [2.24, 2.45) is 0 Å². The summed E-state index contributed by atoms with van der Waals surface area (Å²) in [5, 5.41) is 8.92. The van der Waals surface area contributed by atoms with Crippen LogP contribution in [0.3, 0.4) is 0 Å². The molecule has 0 amide bonds. The van der Waals surface area contributed by atoms with Gasteiger partial charge in [-0.05, 0) is 46.3 Å². The van der Waals surface area contributed by atoms with Gasteiger partial charge in [-0.15, -0.1) is 0 Å². The Morgan fingerprint density at radius 2 is 1.94 bits per heavy atom. The van der Waals surface area contributed by atoms with Gasteiger partial charge in [0, 0.05) is 20.0 Å². The maximum Gasteiger partial charge on any atom is 0.101 e. The zero-order valence-corrected chi connectivity index (χ0v) is 11.3. The van der Waals surface area contributed by atoms with Crippen molar-refractivity contribution in [3.8, 4) is 6.07 Å². The van der Waals surface area contributed by atoms with Crippen molar-refractivity contribution >= 4 is 33.4 Å². The van der Waals surface area contributed by atoms with E-state index in [1.807, 2.05) is 30.3 Å². The van der Waals surface area contributed by atoms with E-state index in [1.54, 1.807) is 23.9 Å². The number of nitrogen functional groups attached to an aromatic ring is 1. The van der Waals surface area contributed by atoms with E-state index in [1.165, 1.54) is 0 Å². The van der Waals surface area contributed by atoms with Gasteiger partial charge in [-0.2, -0.15) is 5.26 Å². The third-order valence-corrected chi connectivity index (χ3v) is 4.23. The van der Waals surface area contributed by atoms with Crippen LogP contribution >= 0.6 is 27.7 Å². The number of benzene rings is 2. The summed E-state index contributed by atoms with van der Waals surface area (Å²) in [7, 11) is 0. The Hall–Kier alpha value is -1.44. The molecule has 0 saturated carbocycles. The molecule has 2 aromatic rings. The minimum Gasteiger partial charge on any atom is -0.398 e. The third-order valence-electron chi connectivity index (χ3n) is 2.21. The predicted molar refractivity (Wildman–Crippen MR) is 73.8 cm³/mol. The van der Waals surface area contributed by atoms with Gasteiger partial charge >= 0.3 is 0 Å². The third kappa shape index (κ3) is 2.82. The fourth-order valence-electron chi connectivity index (χ4n) is 1.35. The molecular weight excluding hydrogens is 296 g/mol. The van der Waals surface area contributed by atoms with Crippen LogP contribution in [-0.4, -0.2) is 0 Å². The molecule has 0 fully saturated rings. The van der Waals surface area contributed by atoms with Crippen molar-refractivity contribution in [3.63, 3.8) is 0 Å². The molecule has 17 heavy (non-hydrogen) atoms. The van der Waals surface area contributed by atoms with Crippen molar-refractivity contribution in [1.82, 2.24) is 0 Å². The average molecular weight is 305 g/mol. The number of hydrogen-bond donors (Lipinski definition) is 1. The highest BCUT2D eigenvalue weighted by molar-refractivity contribution is 9.10. The molecule has 0 aromatic heterocycles. The first-order valence-corrected chi connectivity index (χ1v) is 6.53. The molecule has 0 heterocycles. The van der Waals surface area contributed by atoms with Gasteiger partial charge in [0.1, 0.15) is 6.07 Å². The number of nitrogens with zero attached hydrogens (tertiary/aromatic N) is 1. The van der Waals surface area contributed by atoms with E-state index in [0.29, 0.717) is 11.3 Å². The van der Waals surface area contributed by atoms with Gasteiger partial charge in [-0.1, -0.05) is 23.9 Å². The standard InChI is InChI=1S/C13H9BrN2S/c14-11-3-1-2-4-13(11)17-10-5-6-12(16)9(7-10)8-15/h1-7H,16H2. The van der Waals surface area contributed by atoms with E-state index in [9.17, 15) is 0 Å². The molecule has 0 aliphatic rings. The van der Waals surface area contributed by atoms with Gasteiger partial charge in [0.2, 0.25) is 0 Å². The summed E-state index contributed by atoms with van der Waals surface area (Å²) >= 11 is 5.09. The number of hydrogen-bond acceptors (Lipinski definition) is 3. The molecule has 0 unspecified atom stereocenters. The highest BCUT2D eigenvalue weighted by Crippen LogP contribution is 2.34. The molecule has 0 saturated heterocycles. The van der Waals surface area contributed by atoms with Gasteiger partial charge < -0.3 is 5.73 Å². The van der Waals surface area contributed by atoms with E-state index >= 15 is 0 Å². The minimum atomic E-state index is 0.516.